The second-order valence-corrected chi connectivity index (χ2v) is 6.84. The van der Waals surface area contributed by atoms with Gasteiger partial charge in [0.15, 0.2) is 0 Å². The van der Waals surface area contributed by atoms with Gasteiger partial charge in [-0.2, -0.15) is 4.98 Å². The molecule has 0 aliphatic carbocycles. The number of carbonyl (C=O) groups is 1. The van der Waals surface area contributed by atoms with Gasteiger partial charge in [0.2, 0.25) is 11.7 Å². The fourth-order valence-corrected chi connectivity index (χ4v) is 3.35. The van der Waals surface area contributed by atoms with Crippen molar-refractivity contribution in [1.29, 1.82) is 0 Å². The number of anilines is 1. The summed E-state index contributed by atoms with van der Waals surface area (Å²) in [6, 6.07) is 14.8. The van der Waals surface area contributed by atoms with E-state index in [1.807, 2.05) is 55.5 Å². The number of urea groups is 1. The summed E-state index contributed by atoms with van der Waals surface area (Å²) in [5, 5.41) is 7.04. The molecule has 0 saturated carbocycles. The van der Waals surface area contributed by atoms with E-state index in [4.69, 9.17) is 9.26 Å². The van der Waals surface area contributed by atoms with Crippen molar-refractivity contribution in [3.8, 4) is 17.1 Å². The Bertz CT molecular complexity index is 968. The van der Waals surface area contributed by atoms with Crippen LogP contribution < -0.4 is 10.1 Å². The zero-order valence-electron chi connectivity index (χ0n) is 15.9. The summed E-state index contributed by atoms with van der Waals surface area (Å²) < 4.78 is 10.7. The molecule has 1 N–H and O–H groups in total. The van der Waals surface area contributed by atoms with Crippen LogP contribution in [0.1, 0.15) is 30.3 Å². The number of likely N-dealkylation sites (tertiary alicyclic amines) is 1. The van der Waals surface area contributed by atoms with Crippen LogP contribution in [0, 0.1) is 6.92 Å². The standard InChI is InChI=1S/C21H22N4O3/c1-14-8-10-16(11-9-14)22-21(26)25-12-4-7-18(25)20-23-19(24-28-20)15-5-3-6-17(13-15)27-2/h3,5-6,8-11,13,18H,4,7,12H2,1-2H3,(H,22,26). The van der Waals surface area contributed by atoms with E-state index in [1.165, 1.54) is 0 Å². The van der Waals surface area contributed by atoms with Crippen molar-refractivity contribution in [2.24, 2.45) is 0 Å². The maximum absolute atomic E-state index is 12.8. The van der Waals surface area contributed by atoms with Crippen LogP contribution in [0.3, 0.4) is 0 Å². The van der Waals surface area contributed by atoms with E-state index in [2.05, 4.69) is 15.5 Å². The predicted octanol–water partition coefficient (Wildman–Crippen LogP) is 4.42. The van der Waals surface area contributed by atoms with Crippen molar-refractivity contribution in [3.05, 3.63) is 60.0 Å². The van der Waals surface area contributed by atoms with E-state index in [1.54, 1.807) is 12.0 Å². The minimum Gasteiger partial charge on any atom is -0.497 e. The van der Waals surface area contributed by atoms with Crippen molar-refractivity contribution >= 4 is 11.7 Å². The van der Waals surface area contributed by atoms with Crippen LogP contribution in [0.5, 0.6) is 5.75 Å². The molecule has 1 aliphatic rings. The van der Waals surface area contributed by atoms with Crippen LogP contribution in [-0.2, 0) is 0 Å². The maximum atomic E-state index is 12.8. The third-order valence-corrected chi connectivity index (χ3v) is 4.87. The topological polar surface area (TPSA) is 80.5 Å². The lowest BCUT2D eigenvalue weighted by molar-refractivity contribution is 0.193. The lowest BCUT2D eigenvalue weighted by atomic mass is 10.2. The SMILES string of the molecule is COc1cccc(-c2noc(C3CCCN3C(=O)Nc3ccc(C)cc3)n2)c1. The Morgan fingerprint density at radius 1 is 1.25 bits per heavy atom. The number of ether oxygens (including phenoxy) is 1. The van der Waals surface area contributed by atoms with E-state index >= 15 is 0 Å². The minimum absolute atomic E-state index is 0.160. The number of hydrogen-bond acceptors (Lipinski definition) is 5. The number of nitrogens with zero attached hydrogens (tertiary/aromatic N) is 3. The fraction of sp³-hybridized carbons (Fsp3) is 0.286. The van der Waals surface area contributed by atoms with Gasteiger partial charge in [-0.3, -0.25) is 0 Å². The molecule has 7 heteroatoms. The lowest BCUT2D eigenvalue weighted by Gasteiger charge is -2.22. The molecule has 4 rings (SSSR count). The molecule has 1 fully saturated rings. The molecule has 0 bridgehead atoms. The average Bonchev–Trinajstić information content (AvgIpc) is 3.39. The second kappa shape index (κ2) is 7.72. The molecule has 1 saturated heterocycles. The van der Waals surface area contributed by atoms with Gasteiger partial charge >= 0.3 is 6.03 Å². The number of aryl methyl sites for hydroxylation is 1. The molecule has 7 nitrogen and oxygen atoms in total. The second-order valence-electron chi connectivity index (χ2n) is 6.84. The lowest BCUT2D eigenvalue weighted by Crippen LogP contribution is -2.34. The first-order valence-corrected chi connectivity index (χ1v) is 9.26. The van der Waals surface area contributed by atoms with Crippen molar-refractivity contribution < 1.29 is 14.1 Å². The summed E-state index contributed by atoms with van der Waals surface area (Å²) in [5.41, 5.74) is 2.72. The predicted molar refractivity (Wildman–Crippen MR) is 105 cm³/mol. The third-order valence-electron chi connectivity index (χ3n) is 4.87. The average molecular weight is 378 g/mol. The van der Waals surface area contributed by atoms with Crippen LogP contribution in [0.4, 0.5) is 10.5 Å². The number of rotatable bonds is 4. The Balaban J connectivity index is 1.51. The molecular weight excluding hydrogens is 356 g/mol. The van der Waals surface area contributed by atoms with Crippen molar-refractivity contribution in [1.82, 2.24) is 15.0 Å². The number of benzene rings is 2. The molecule has 3 aromatic rings. The molecule has 28 heavy (non-hydrogen) atoms. The van der Waals surface area contributed by atoms with Gasteiger partial charge < -0.3 is 19.5 Å². The Kier molecular flexibility index (Phi) is 4.97. The molecule has 144 valence electrons. The summed E-state index contributed by atoms with van der Waals surface area (Å²) in [7, 11) is 1.61. The largest absolute Gasteiger partial charge is 0.497 e. The number of carbonyl (C=O) groups excluding carboxylic acids is 1. The van der Waals surface area contributed by atoms with E-state index in [0.29, 0.717) is 18.3 Å². The maximum Gasteiger partial charge on any atom is 0.322 e. The summed E-state index contributed by atoms with van der Waals surface area (Å²) in [5.74, 6) is 1.66. The van der Waals surface area contributed by atoms with E-state index in [-0.39, 0.29) is 12.1 Å². The zero-order valence-corrected chi connectivity index (χ0v) is 15.9. The van der Waals surface area contributed by atoms with Gasteiger partial charge in [-0.25, -0.2) is 4.79 Å². The minimum atomic E-state index is -0.225. The van der Waals surface area contributed by atoms with Gasteiger partial charge in [0.1, 0.15) is 11.8 Å². The van der Waals surface area contributed by atoms with Crippen LogP contribution >= 0.6 is 0 Å². The molecule has 1 aromatic heterocycles. The van der Waals surface area contributed by atoms with Crippen LogP contribution in [0.15, 0.2) is 53.1 Å². The summed E-state index contributed by atoms with van der Waals surface area (Å²) >= 11 is 0. The van der Waals surface area contributed by atoms with Crippen molar-refractivity contribution in [3.63, 3.8) is 0 Å². The number of methoxy groups -OCH3 is 1. The molecule has 0 radical (unpaired) electrons. The monoisotopic (exact) mass is 378 g/mol. The zero-order chi connectivity index (χ0) is 19.5. The normalized spacial score (nSPS) is 16.2. The first-order chi connectivity index (χ1) is 13.6. The van der Waals surface area contributed by atoms with Crippen LogP contribution in [0.25, 0.3) is 11.4 Å². The van der Waals surface area contributed by atoms with Gasteiger partial charge in [-0.05, 0) is 44.0 Å². The highest BCUT2D eigenvalue weighted by molar-refractivity contribution is 5.89. The first kappa shape index (κ1) is 18.0. The molecule has 1 unspecified atom stereocenters. The Morgan fingerprint density at radius 2 is 2.07 bits per heavy atom. The van der Waals surface area contributed by atoms with Crippen LogP contribution in [-0.4, -0.2) is 34.7 Å². The van der Waals surface area contributed by atoms with Gasteiger partial charge in [-0.15, -0.1) is 0 Å². The van der Waals surface area contributed by atoms with Gasteiger partial charge in [-0.1, -0.05) is 35.0 Å². The molecule has 2 heterocycles. The molecule has 2 aromatic carbocycles. The first-order valence-electron chi connectivity index (χ1n) is 9.26. The number of aromatic nitrogens is 2. The smallest absolute Gasteiger partial charge is 0.322 e. The van der Waals surface area contributed by atoms with Gasteiger partial charge in [0.25, 0.3) is 0 Å². The Labute approximate surface area is 163 Å². The summed E-state index contributed by atoms with van der Waals surface area (Å²) in [6.45, 7) is 2.66. The summed E-state index contributed by atoms with van der Waals surface area (Å²) in [6.07, 6.45) is 1.68. The highest BCUT2D eigenvalue weighted by Gasteiger charge is 2.34. The molecule has 2 amide bonds. The quantitative estimate of drug-likeness (QED) is 0.727. The highest BCUT2D eigenvalue weighted by Crippen LogP contribution is 2.33. The van der Waals surface area contributed by atoms with Crippen molar-refractivity contribution in [2.45, 2.75) is 25.8 Å². The van der Waals surface area contributed by atoms with Gasteiger partial charge in [0.05, 0.1) is 7.11 Å². The third kappa shape index (κ3) is 3.69. The van der Waals surface area contributed by atoms with E-state index in [9.17, 15) is 4.79 Å². The van der Waals surface area contributed by atoms with Crippen LogP contribution in [0.2, 0.25) is 0 Å². The number of nitrogens with one attached hydrogen (secondary N) is 1. The Hall–Kier alpha value is -3.35. The van der Waals surface area contributed by atoms with Crippen molar-refractivity contribution in [2.75, 3.05) is 19.0 Å². The number of amides is 2. The molecule has 1 aliphatic heterocycles. The summed E-state index contributed by atoms with van der Waals surface area (Å²) in [4.78, 5) is 19.0. The Morgan fingerprint density at radius 3 is 2.86 bits per heavy atom. The molecule has 1 atom stereocenters. The van der Waals surface area contributed by atoms with E-state index < -0.39 is 0 Å². The van der Waals surface area contributed by atoms with E-state index in [0.717, 1.165) is 35.4 Å². The molecule has 0 spiro atoms. The highest BCUT2D eigenvalue weighted by atomic mass is 16.5. The molecular formula is C21H22N4O3. The number of hydrogen-bond donors (Lipinski definition) is 1. The van der Waals surface area contributed by atoms with Gasteiger partial charge in [0, 0.05) is 17.8 Å². The fourth-order valence-electron chi connectivity index (χ4n) is 3.35.